The first-order valence-electron chi connectivity index (χ1n) is 3.69. The lowest BCUT2D eigenvalue weighted by atomic mass is 10.3. The molecule has 2 nitrogen and oxygen atoms in total. The summed E-state index contributed by atoms with van der Waals surface area (Å²) >= 11 is 0. The molecular formula is C9H13NO. The Bertz CT molecular complexity index is 184. The molecule has 0 atom stereocenters. The predicted molar refractivity (Wildman–Crippen MR) is 47.5 cm³/mol. The van der Waals surface area contributed by atoms with Gasteiger partial charge in [0, 0.05) is 5.69 Å². The van der Waals surface area contributed by atoms with E-state index in [0.717, 1.165) is 5.69 Å². The molecule has 1 aromatic carbocycles. The van der Waals surface area contributed by atoms with Crippen LogP contribution in [-0.2, 0) is 4.79 Å². The van der Waals surface area contributed by atoms with Crippen molar-refractivity contribution >= 4 is 12.1 Å². The normalized spacial score (nSPS) is 7.45. The van der Waals surface area contributed by atoms with Crippen LogP contribution < -0.4 is 5.32 Å². The van der Waals surface area contributed by atoms with Crippen LogP contribution in [0.15, 0.2) is 30.3 Å². The Morgan fingerprint density at radius 3 is 2.18 bits per heavy atom. The van der Waals surface area contributed by atoms with E-state index in [2.05, 4.69) is 5.32 Å². The number of rotatable bonds is 2. The molecule has 0 saturated carbocycles. The molecular weight excluding hydrogens is 138 g/mol. The van der Waals surface area contributed by atoms with Crippen molar-refractivity contribution in [1.29, 1.82) is 0 Å². The van der Waals surface area contributed by atoms with E-state index in [1.165, 1.54) is 0 Å². The van der Waals surface area contributed by atoms with Gasteiger partial charge in [0.2, 0.25) is 6.41 Å². The standard InChI is InChI=1S/C7H7NO.C2H6/c9-6-8-7-4-2-1-3-5-7;1-2/h1-6H,(H,8,9);1-2H3. The molecule has 0 aliphatic heterocycles. The van der Waals surface area contributed by atoms with Gasteiger partial charge in [-0.15, -0.1) is 0 Å². The monoisotopic (exact) mass is 151 g/mol. The lowest BCUT2D eigenvalue weighted by Crippen LogP contribution is -1.91. The summed E-state index contributed by atoms with van der Waals surface area (Å²) in [7, 11) is 0. The maximum atomic E-state index is 9.86. The fourth-order valence-corrected chi connectivity index (χ4v) is 0.602. The summed E-state index contributed by atoms with van der Waals surface area (Å²) in [6.07, 6.45) is 0.662. The maximum absolute atomic E-state index is 9.86. The lowest BCUT2D eigenvalue weighted by molar-refractivity contribution is -0.105. The van der Waals surface area contributed by atoms with E-state index in [4.69, 9.17) is 0 Å². The molecule has 0 aromatic heterocycles. The molecule has 0 aliphatic carbocycles. The van der Waals surface area contributed by atoms with E-state index >= 15 is 0 Å². The van der Waals surface area contributed by atoms with Crippen molar-refractivity contribution in [3.05, 3.63) is 30.3 Å². The molecule has 0 radical (unpaired) electrons. The van der Waals surface area contributed by atoms with Gasteiger partial charge in [-0.2, -0.15) is 0 Å². The van der Waals surface area contributed by atoms with Crippen LogP contribution in [0.3, 0.4) is 0 Å². The summed E-state index contributed by atoms with van der Waals surface area (Å²) in [4.78, 5) is 9.86. The zero-order valence-corrected chi connectivity index (χ0v) is 6.87. The largest absolute Gasteiger partial charge is 0.329 e. The van der Waals surface area contributed by atoms with E-state index in [0.29, 0.717) is 6.41 Å². The number of carbonyl (C=O) groups excluding carboxylic acids is 1. The smallest absolute Gasteiger partial charge is 0.211 e. The summed E-state index contributed by atoms with van der Waals surface area (Å²) in [6, 6.07) is 9.29. The van der Waals surface area contributed by atoms with Crippen molar-refractivity contribution in [1.82, 2.24) is 0 Å². The molecule has 0 spiro atoms. The molecule has 0 saturated heterocycles. The van der Waals surface area contributed by atoms with Crippen molar-refractivity contribution < 1.29 is 4.79 Å². The second-order valence-electron chi connectivity index (χ2n) is 1.63. The molecule has 0 heterocycles. The molecule has 1 amide bonds. The van der Waals surface area contributed by atoms with Gasteiger partial charge in [-0.05, 0) is 12.1 Å². The highest BCUT2D eigenvalue weighted by Gasteiger charge is 1.81. The molecule has 1 rings (SSSR count). The summed E-state index contributed by atoms with van der Waals surface area (Å²) in [5, 5.41) is 2.53. The van der Waals surface area contributed by atoms with Gasteiger partial charge < -0.3 is 5.32 Å². The Balaban J connectivity index is 0.000000461. The molecule has 60 valence electrons. The molecule has 1 N–H and O–H groups in total. The third-order valence-electron chi connectivity index (χ3n) is 0.999. The van der Waals surface area contributed by atoms with Crippen LogP contribution in [0.1, 0.15) is 13.8 Å². The van der Waals surface area contributed by atoms with Gasteiger partial charge in [-0.3, -0.25) is 4.79 Å². The van der Waals surface area contributed by atoms with Crippen LogP contribution in [0.5, 0.6) is 0 Å². The van der Waals surface area contributed by atoms with Crippen molar-refractivity contribution in [3.8, 4) is 0 Å². The fraction of sp³-hybridized carbons (Fsp3) is 0.222. The van der Waals surface area contributed by atoms with Crippen LogP contribution in [0.4, 0.5) is 5.69 Å². The van der Waals surface area contributed by atoms with Crippen molar-refractivity contribution in [2.45, 2.75) is 13.8 Å². The Morgan fingerprint density at radius 1 is 1.18 bits per heavy atom. The average Bonchev–Trinajstić information content (AvgIpc) is 2.11. The Kier molecular flexibility index (Phi) is 5.99. The first-order chi connectivity index (χ1) is 5.43. The highest BCUT2D eigenvalue weighted by atomic mass is 16.1. The summed E-state index contributed by atoms with van der Waals surface area (Å²) in [6.45, 7) is 4.00. The van der Waals surface area contributed by atoms with Crippen LogP contribution >= 0.6 is 0 Å². The highest BCUT2D eigenvalue weighted by molar-refractivity contribution is 5.70. The quantitative estimate of drug-likeness (QED) is 0.645. The van der Waals surface area contributed by atoms with E-state index in [1.54, 1.807) is 0 Å². The predicted octanol–water partition coefficient (Wildman–Crippen LogP) is 2.28. The lowest BCUT2D eigenvalue weighted by Gasteiger charge is -1.93. The number of carbonyl (C=O) groups is 1. The minimum atomic E-state index is 0.662. The number of hydrogen-bond donors (Lipinski definition) is 1. The Labute approximate surface area is 67.2 Å². The van der Waals surface area contributed by atoms with Crippen molar-refractivity contribution in [3.63, 3.8) is 0 Å². The van der Waals surface area contributed by atoms with Gasteiger partial charge in [0.25, 0.3) is 0 Å². The first-order valence-corrected chi connectivity index (χ1v) is 3.69. The zero-order chi connectivity index (χ0) is 8.53. The molecule has 11 heavy (non-hydrogen) atoms. The van der Waals surface area contributed by atoms with E-state index in [-0.39, 0.29) is 0 Å². The van der Waals surface area contributed by atoms with E-state index in [1.807, 2.05) is 44.2 Å². The van der Waals surface area contributed by atoms with Crippen LogP contribution in [-0.4, -0.2) is 6.41 Å². The third-order valence-corrected chi connectivity index (χ3v) is 0.999. The van der Waals surface area contributed by atoms with Crippen molar-refractivity contribution in [2.24, 2.45) is 0 Å². The number of hydrogen-bond acceptors (Lipinski definition) is 1. The summed E-state index contributed by atoms with van der Waals surface area (Å²) < 4.78 is 0. The van der Waals surface area contributed by atoms with Gasteiger partial charge in [-0.25, -0.2) is 0 Å². The number of amides is 1. The first kappa shape index (κ1) is 9.69. The highest BCUT2D eigenvalue weighted by Crippen LogP contribution is 2.01. The number of benzene rings is 1. The van der Waals surface area contributed by atoms with Gasteiger partial charge in [0.15, 0.2) is 0 Å². The van der Waals surface area contributed by atoms with Gasteiger partial charge in [0.1, 0.15) is 0 Å². The zero-order valence-electron chi connectivity index (χ0n) is 6.87. The minimum absolute atomic E-state index is 0.662. The molecule has 0 aliphatic rings. The molecule has 0 unspecified atom stereocenters. The molecule has 0 fully saturated rings. The third kappa shape index (κ3) is 4.14. The van der Waals surface area contributed by atoms with E-state index < -0.39 is 0 Å². The number of para-hydroxylation sites is 1. The minimum Gasteiger partial charge on any atom is -0.329 e. The van der Waals surface area contributed by atoms with Crippen molar-refractivity contribution in [2.75, 3.05) is 5.32 Å². The fourth-order valence-electron chi connectivity index (χ4n) is 0.602. The Morgan fingerprint density at radius 2 is 1.73 bits per heavy atom. The molecule has 1 aromatic rings. The van der Waals surface area contributed by atoms with Crippen LogP contribution in [0, 0.1) is 0 Å². The summed E-state index contributed by atoms with van der Waals surface area (Å²) in [5.74, 6) is 0. The maximum Gasteiger partial charge on any atom is 0.211 e. The second kappa shape index (κ2) is 6.81. The van der Waals surface area contributed by atoms with Crippen LogP contribution in [0.2, 0.25) is 0 Å². The molecule has 0 bridgehead atoms. The average molecular weight is 151 g/mol. The topological polar surface area (TPSA) is 29.1 Å². The SMILES string of the molecule is CC.O=CNc1ccccc1. The number of nitrogens with one attached hydrogen (secondary N) is 1. The van der Waals surface area contributed by atoms with Crippen LogP contribution in [0.25, 0.3) is 0 Å². The summed E-state index contributed by atoms with van der Waals surface area (Å²) in [5.41, 5.74) is 0.826. The second-order valence-corrected chi connectivity index (χ2v) is 1.63. The van der Waals surface area contributed by atoms with E-state index in [9.17, 15) is 4.79 Å². The van der Waals surface area contributed by atoms with Gasteiger partial charge in [0.05, 0.1) is 0 Å². The Hall–Kier alpha value is -1.31. The van der Waals surface area contributed by atoms with Gasteiger partial charge in [-0.1, -0.05) is 32.0 Å². The number of anilines is 1. The molecule has 2 heteroatoms. The van der Waals surface area contributed by atoms with Gasteiger partial charge >= 0.3 is 0 Å².